The number of rotatable bonds is 4. The third kappa shape index (κ3) is 2.92. The molecule has 2 aromatic rings. The molecular weight excluding hydrogens is 274 g/mol. The summed E-state index contributed by atoms with van der Waals surface area (Å²) in [6.45, 7) is 0.361. The lowest BCUT2D eigenvalue weighted by Crippen LogP contribution is -2.20. The zero-order chi connectivity index (χ0) is 13.9. The van der Waals surface area contributed by atoms with Gasteiger partial charge in [-0.05, 0) is 24.0 Å². The standard InChI is InChI=1S/C15H16ClN3O/c1-20-9-15-18-13(16)8-14(19-15)17-12-6-10-4-2-3-5-11(10)7-12/h2-5,8,12H,6-7,9H2,1H3,(H,17,18,19). The fourth-order valence-electron chi connectivity index (χ4n) is 2.60. The Bertz CT molecular complexity index is 593. The van der Waals surface area contributed by atoms with Gasteiger partial charge in [-0.2, -0.15) is 0 Å². The molecule has 20 heavy (non-hydrogen) atoms. The first-order valence-electron chi connectivity index (χ1n) is 6.60. The number of anilines is 1. The van der Waals surface area contributed by atoms with Gasteiger partial charge in [-0.1, -0.05) is 35.9 Å². The van der Waals surface area contributed by atoms with Gasteiger partial charge in [0.2, 0.25) is 0 Å². The van der Waals surface area contributed by atoms with Gasteiger partial charge in [-0.3, -0.25) is 0 Å². The van der Waals surface area contributed by atoms with Crippen molar-refractivity contribution in [1.29, 1.82) is 0 Å². The first kappa shape index (κ1) is 13.3. The van der Waals surface area contributed by atoms with E-state index >= 15 is 0 Å². The number of nitrogens with zero attached hydrogens (tertiary/aromatic N) is 2. The molecule has 0 spiro atoms. The second-order valence-corrected chi connectivity index (χ2v) is 5.33. The van der Waals surface area contributed by atoms with Gasteiger partial charge in [0, 0.05) is 19.2 Å². The maximum atomic E-state index is 6.01. The van der Waals surface area contributed by atoms with Crippen LogP contribution in [-0.4, -0.2) is 23.1 Å². The van der Waals surface area contributed by atoms with Crippen LogP contribution >= 0.6 is 11.6 Å². The highest BCUT2D eigenvalue weighted by molar-refractivity contribution is 6.29. The third-order valence-electron chi connectivity index (χ3n) is 3.42. The quantitative estimate of drug-likeness (QED) is 0.879. The molecule has 3 rings (SSSR count). The molecule has 0 saturated carbocycles. The second kappa shape index (κ2) is 5.77. The Morgan fingerprint density at radius 2 is 1.95 bits per heavy atom. The molecule has 104 valence electrons. The molecule has 0 saturated heterocycles. The average Bonchev–Trinajstić information content (AvgIpc) is 2.80. The van der Waals surface area contributed by atoms with Gasteiger partial charge >= 0.3 is 0 Å². The molecule has 1 aliphatic carbocycles. The average molecular weight is 290 g/mol. The Labute approximate surface area is 123 Å². The number of ether oxygens (including phenoxy) is 1. The number of benzene rings is 1. The lowest BCUT2D eigenvalue weighted by atomic mass is 10.1. The van der Waals surface area contributed by atoms with Gasteiger partial charge in [0.1, 0.15) is 17.6 Å². The number of hydrogen-bond acceptors (Lipinski definition) is 4. The Morgan fingerprint density at radius 3 is 2.60 bits per heavy atom. The van der Waals surface area contributed by atoms with E-state index in [0.29, 0.717) is 23.6 Å². The van der Waals surface area contributed by atoms with E-state index in [0.717, 1.165) is 18.7 Å². The normalized spacial score (nSPS) is 14.3. The number of methoxy groups -OCH3 is 1. The van der Waals surface area contributed by atoms with Crippen molar-refractivity contribution in [3.63, 3.8) is 0 Å². The molecule has 0 aliphatic heterocycles. The van der Waals surface area contributed by atoms with Crippen LogP contribution in [0.4, 0.5) is 5.82 Å². The molecule has 1 aliphatic rings. The monoisotopic (exact) mass is 289 g/mol. The van der Waals surface area contributed by atoms with Crippen LogP contribution in [0.3, 0.4) is 0 Å². The fourth-order valence-corrected chi connectivity index (χ4v) is 2.80. The minimum Gasteiger partial charge on any atom is -0.377 e. The summed E-state index contributed by atoms with van der Waals surface area (Å²) in [6, 6.07) is 10.6. The van der Waals surface area contributed by atoms with Crippen LogP contribution in [0.1, 0.15) is 17.0 Å². The molecular formula is C15H16ClN3O. The van der Waals surface area contributed by atoms with E-state index in [1.165, 1.54) is 11.1 Å². The van der Waals surface area contributed by atoms with E-state index in [-0.39, 0.29) is 0 Å². The van der Waals surface area contributed by atoms with Gasteiger partial charge < -0.3 is 10.1 Å². The Kier molecular flexibility index (Phi) is 3.85. The third-order valence-corrected chi connectivity index (χ3v) is 3.61. The minimum absolute atomic E-state index is 0.355. The summed E-state index contributed by atoms with van der Waals surface area (Å²) in [5.74, 6) is 1.35. The lowest BCUT2D eigenvalue weighted by molar-refractivity contribution is 0.178. The SMILES string of the molecule is COCc1nc(Cl)cc(NC2Cc3ccccc3C2)n1. The molecule has 1 aromatic heterocycles. The smallest absolute Gasteiger partial charge is 0.158 e. The highest BCUT2D eigenvalue weighted by Gasteiger charge is 2.21. The number of aromatic nitrogens is 2. The molecule has 0 bridgehead atoms. The molecule has 0 radical (unpaired) electrons. The van der Waals surface area contributed by atoms with Gasteiger partial charge in [0.25, 0.3) is 0 Å². The van der Waals surface area contributed by atoms with Crippen LogP contribution in [0.2, 0.25) is 5.15 Å². The van der Waals surface area contributed by atoms with Gasteiger partial charge in [0.15, 0.2) is 5.82 Å². The van der Waals surface area contributed by atoms with E-state index in [1.807, 2.05) is 0 Å². The van der Waals surface area contributed by atoms with Crippen molar-refractivity contribution in [3.8, 4) is 0 Å². The second-order valence-electron chi connectivity index (χ2n) is 4.94. The zero-order valence-electron chi connectivity index (χ0n) is 11.3. The van der Waals surface area contributed by atoms with Crippen LogP contribution < -0.4 is 5.32 Å². The lowest BCUT2D eigenvalue weighted by Gasteiger charge is -2.13. The Balaban J connectivity index is 1.73. The summed E-state index contributed by atoms with van der Waals surface area (Å²) in [5, 5.41) is 3.87. The molecule has 0 fully saturated rings. The minimum atomic E-state index is 0.355. The molecule has 4 nitrogen and oxygen atoms in total. The predicted molar refractivity (Wildman–Crippen MR) is 79.0 cm³/mol. The van der Waals surface area contributed by atoms with E-state index in [9.17, 15) is 0 Å². The number of nitrogens with one attached hydrogen (secondary N) is 1. The van der Waals surface area contributed by atoms with Crippen molar-refractivity contribution in [2.45, 2.75) is 25.5 Å². The van der Waals surface area contributed by atoms with E-state index in [1.54, 1.807) is 13.2 Å². The summed E-state index contributed by atoms with van der Waals surface area (Å²) in [4.78, 5) is 8.54. The van der Waals surface area contributed by atoms with Crippen LogP contribution in [0, 0.1) is 0 Å². The Morgan fingerprint density at radius 1 is 1.25 bits per heavy atom. The van der Waals surface area contributed by atoms with Gasteiger partial charge in [-0.25, -0.2) is 9.97 Å². The maximum absolute atomic E-state index is 6.01. The summed E-state index contributed by atoms with van der Waals surface area (Å²) < 4.78 is 5.05. The fraction of sp³-hybridized carbons (Fsp3) is 0.333. The summed E-state index contributed by atoms with van der Waals surface area (Å²) in [5.41, 5.74) is 2.81. The first-order valence-corrected chi connectivity index (χ1v) is 6.98. The molecule has 0 amide bonds. The van der Waals surface area contributed by atoms with Gasteiger partial charge in [-0.15, -0.1) is 0 Å². The highest BCUT2D eigenvalue weighted by atomic mass is 35.5. The van der Waals surface area contributed by atoms with Crippen molar-refractivity contribution < 1.29 is 4.74 Å². The van der Waals surface area contributed by atoms with E-state index < -0.39 is 0 Å². The van der Waals surface area contributed by atoms with Crippen molar-refractivity contribution in [2.24, 2.45) is 0 Å². The van der Waals surface area contributed by atoms with Gasteiger partial charge in [0.05, 0.1) is 0 Å². The molecule has 1 N–H and O–H groups in total. The van der Waals surface area contributed by atoms with Crippen LogP contribution in [0.15, 0.2) is 30.3 Å². The first-order chi connectivity index (χ1) is 9.74. The summed E-state index contributed by atoms with van der Waals surface area (Å²) >= 11 is 6.01. The number of fused-ring (bicyclic) bond motifs is 1. The van der Waals surface area contributed by atoms with Crippen molar-refractivity contribution >= 4 is 17.4 Å². The van der Waals surface area contributed by atoms with Crippen molar-refractivity contribution in [1.82, 2.24) is 9.97 Å². The van der Waals surface area contributed by atoms with Crippen LogP contribution in [0.25, 0.3) is 0 Å². The summed E-state index contributed by atoms with van der Waals surface area (Å²) in [7, 11) is 1.62. The number of hydrogen-bond donors (Lipinski definition) is 1. The molecule has 1 aromatic carbocycles. The van der Waals surface area contributed by atoms with Crippen molar-refractivity contribution in [2.75, 3.05) is 12.4 Å². The van der Waals surface area contributed by atoms with Crippen LogP contribution in [-0.2, 0) is 24.2 Å². The predicted octanol–water partition coefficient (Wildman–Crippen LogP) is 2.86. The highest BCUT2D eigenvalue weighted by Crippen LogP contribution is 2.24. The van der Waals surface area contributed by atoms with E-state index in [2.05, 4.69) is 39.6 Å². The maximum Gasteiger partial charge on any atom is 0.158 e. The summed E-state index contributed by atoms with van der Waals surface area (Å²) in [6.07, 6.45) is 2.02. The van der Waals surface area contributed by atoms with Crippen LogP contribution in [0.5, 0.6) is 0 Å². The zero-order valence-corrected chi connectivity index (χ0v) is 12.0. The molecule has 1 heterocycles. The number of halogens is 1. The van der Waals surface area contributed by atoms with Crippen molar-refractivity contribution in [3.05, 3.63) is 52.4 Å². The molecule has 5 heteroatoms. The topological polar surface area (TPSA) is 47.0 Å². The van der Waals surface area contributed by atoms with E-state index in [4.69, 9.17) is 16.3 Å². The molecule has 0 unspecified atom stereocenters. The Hall–Kier alpha value is -1.65. The molecule has 0 atom stereocenters. The largest absolute Gasteiger partial charge is 0.377 e.